The summed E-state index contributed by atoms with van der Waals surface area (Å²) in [6.07, 6.45) is 0.654. The number of nitrogens with two attached hydrogens (primary N) is 1. The van der Waals surface area contributed by atoms with Crippen molar-refractivity contribution in [3.8, 4) is 0 Å². The zero-order valence-electron chi connectivity index (χ0n) is 8.65. The van der Waals surface area contributed by atoms with Gasteiger partial charge in [0, 0.05) is 24.6 Å². The van der Waals surface area contributed by atoms with Gasteiger partial charge in [-0.3, -0.25) is 0 Å². The molecule has 4 nitrogen and oxygen atoms in total. The summed E-state index contributed by atoms with van der Waals surface area (Å²) in [5, 5.41) is 3.21. The maximum atomic E-state index is 12.6. The lowest BCUT2D eigenvalue weighted by molar-refractivity contribution is 0.0518. The highest BCUT2D eigenvalue weighted by Gasteiger charge is 2.31. The van der Waals surface area contributed by atoms with E-state index in [9.17, 15) is 9.18 Å². The van der Waals surface area contributed by atoms with Crippen molar-refractivity contribution in [3.63, 3.8) is 0 Å². The molecule has 86 valence electrons. The Balaban J connectivity index is 1.77. The second-order valence-corrected chi connectivity index (χ2v) is 3.88. The molecule has 1 aromatic carbocycles. The Morgan fingerprint density at radius 2 is 2.00 bits per heavy atom. The first-order valence-electron chi connectivity index (χ1n) is 5.11. The summed E-state index contributed by atoms with van der Waals surface area (Å²) in [5.41, 5.74) is 5.76. The van der Waals surface area contributed by atoms with Crippen molar-refractivity contribution in [2.45, 2.75) is 25.0 Å². The molecule has 0 spiro atoms. The lowest BCUT2D eigenvalue weighted by Crippen LogP contribution is -2.42. The van der Waals surface area contributed by atoms with Crippen molar-refractivity contribution < 1.29 is 13.9 Å². The monoisotopic (exact) mass is 224 g/mol. The van der Waals surface area contributed by atoms with Gasteiger partial charge in [-0.1, -0.05) is 0 Å². The highest BCUT2D eigenvalue weighted by molar-refractivity contribution is 5.65. The van der Waals surface area contributed by atoms with Gasteiger partial charge in [-0.15, -0.1) is 0 Å². The number of carbonyl (C=O) groups excluding carboxylic acids is 1. The average Bonchev–Trinajstić information content (AvgIpc) is 2.17. The molecule has 0 aromatic heterocycles. The van der Waals surface area contributed by atoms with Crippen molar-refractivity contribution >= 4 is 11.8 Å². The van der Waals surface area contributed by atoms with Gasteiger partial charge < -0.3 is 15.8 Å². The minimum Gasteiger partial charge on any atom is -0.446 e. The van der Waals surface area contributed by atoms with E-state index in [1.54, 1.807) is 12.1 Å². The second kappa shape index (κ2) is 4.38. The fourth-order valence-electron chi connectivity index (χ4n) is 1.73. The van der Waals surface area contributed by atoms with Crippen LogP contribution in [0.5, 0.6) is 0 Å². The predicted octanol–water partition coefficient (Wildman–Crippen LogP) is 1.86. The molecule has 3 N–H and O–H groups in total. The quantitative estimate of drug-likeness (QED) is 0.823. The molecule has 0 unspecified atom stereocenters. The Morgan fingerprint density at radius 3 is 2.56 bits per heavy atom. The third-order valence-corrected chi connectivity index (χ3v) is 2.59. The minimum atomic E-state index is -0.731. The third kappa shape index (κ3) is 2.62. The fraction of sp³-hybridized carbons (Fsp3) is 0.364. The Kier molecular flexibility index (Phi) is 2.94. The molecule has 0 saturated heterocycles. The Bertz CT molecular complexity index is 374. The number of carbonyl (C=O) groups is 1. The van der Waals surface area contributed by atoms with E-state index in [2.05, 4.69) is 5.32 Å². The lowest BCUT2D eigenvalue weighted by Gasteiger charge is -2.35. The van der Waals surface area contributed by atoms with Crippen LogP contribution in [-0.4, -0.2) is 18.2 Å². The van der Waals surface area contributed by atoms with Gasteiger partial charge in [-0.05, 0) is 24.3 Å². The smallest absolute Gasteiger partial charge is 0.404 e. The maximum absolute atomic E-state index is 12.6. The highest BCUT2D eigenvalue weighted by atomic mass is 19.1. The van der Waals surface area contributed by atoms with E-state index in [0.29, 0.717) is 0 Å². The molecular weight excluding hydrogens is 211 g/mol. The Hall–Kier alpha value is -1.78. The van der Waals surface area contributed by atoms with Crippen molar-refractivity contribution in [2.75, 3.05) is 5.32 Å². The van der Waals surface area contributed by atoms with Crippen LogP contribution in [0.25, 0.3) is 0 Å². The molecule has 1 amide bonds. The standard InChI is InChI=1S/C11H13FN2O2/c12-7-1-3-8(4-2-7)14-9-5-10(6-9)16-11(13)15/h1-4,9-10,14H,5-6H2,(H2,13,15). The van der Waals surface area contributed by atoms with Crippen LogP contribution in [0.15, 0.2) is 24.3 Å². The molecule has 0 heterocycles. The molecule has 1 saturated carbocycles. The molecule has 1 aliphatic carbocycles. The van der Waals surface area contributed by atoms with Crippen LogP contribution in [0.4, 0.5) is 14.9 Å². The molecule has 2 rings (SSSR count). The fourth-order valence-corrected chi connectivity index (χ4v) is 1.73. The van der Waals surface area contributed by atoms with Gasteiger partial charge in [0.1, 0.15) is 11.9 Å². The number of ether oxygens (including phenoxy) is 1. The van der Waals surface area contributed by atoms with Crippen LogP contribution in [0.3, 0.4) is 0 Å². The first kappa shape index (κ1) is 10.7. The number of primary amides is 1. The van der Waals surface area contributed by atoms with E-state index >= 15 is 0 Å². The van der Waals surface area contributed by atoms with Gasteiger partial charge in [0.2, 0.25) is 0 Å². The highest BCUT2D eigenvalue weighted by Crippen LogP contribution is 2.26. The maximum Gasteiger partial charge on any atom is 0.404 e. The summed E-state index contributed by atoms with van der Waals surface area (Å²) >= 11 is 0. The molecule has 1 fully saturated rings. The largest absolute Gasteiger partial charge is 0.446 e. The van der Waals surface area contributed by atoms with Gasteiger partial charge in [0.25, 0.3) is 0 Å². The molecular formula is C11H13FN2O2. The zero-order valence-corrected chi connectivity index (χ0v) is 8.65. The van der Waals surface area contributed by atoms with Crippen LogP contribution >= 0.6 is 0 Å². The summed E-state index contributed by atoms with van der Waals surface area (Å²) < 4.78 is 17.4. The molecule has 16 heavy (non-hydrogen) atoms. The van der Waals surface area contributed by atoms with Gasteiger partial charge in [0.15, 0.2) is 0 Å². The van der Waals surface area contributed by atoms with Crippen LogP contribution in [0.1, 0.15) is 12.8 Å². The van der Waals surface area contributed by atoms with E-state index in [-0.39, 0.29) is 18.0 Å². The van der Waals surface area contributed by atoms with Crippen molar-refractivity contribution in [3.05, 3.63) is 30.1 Å². The number of halogens is 1. The van der Waals surface area contributed by atoms with Crippen molar-refractivity contribution in [1.82, 2.24) is 0 Å². The van der Waals surface area contributed by atoms with E-state index in [1.165, 1.54) is 12.1 Å². The van der Waals surface area contributed by atoms with Gasteiger partial charge in [0.05, 0.1) is 0 Å². The summed E-state index contributed by atoms with van der Waals surface area (Å²) in [6, 6.07) is 6.42. The topological polar surface area (TPSA) is 64.4 Å². The third-order valence-electron chi connectivity index (χ3n) is 2.59. The van der Waals surface area contributed by atoms with E-state index in [1.807, 2.05) is 0 Å². The second-order valence-electron chi connectivity index (χ2n) is 3.88. The number of hydrogen-bond acceptors (Lipinski definition) is 3. The summed E-state index contributed by atoms with van der Waals surface area (Å²) in [7, 11) is 0. The van der Waals surface area contributed by atoms with Gasteiger partial charge >= 0.3 is 6.09 Å². The van der Waals surface area contributed by atoms with Gasteiger partial charge in [-0.25, -0.2) is 9.18 Å². The summed E-state index contributed by atoms with van der Waals surface area (Å²) in [5.74, 6) is -0.255. The number of nitrogens with one attached hydrogen (secondary N) is 1. The molecule has 5 heteroatoms. The molecule has 0 radical (unpaired) electrons. The molecule has 1 aromatic rings. The van der Waals surface area contributed by atoms with Crippen LogP contribution < -0.4 is 11.1 Å². The first-order chi connectivity index (χ1) is 7.63. The van der Waals surface area contributed by atoms with E-state index < -0.39 is 6.09 Å². The normalized spacial score (nSPS) is 23.3. The van der Waals surface area contributed by atoms with Crippen LogP contribution in [0.2, 0.25) is 0 Å². The summed E-state index contributed by atoms with van der Waals surface area (Å²) in [4.78, 5) is 10.4. The molecule has 1 aliphatic rings. The Morgan fingerprint density at radius 1 is 1.38 bits per heavy atom. The zero-order chi connectivity index (χ0) is 11.5. The number of anilines is 1. The molecule has 0 atom stereocenters. The molecule has 0 aliphatic heterocycles. The number of benzene rings is 1. The lowest BCUT2D eigenvalue weighted by atomic mass is 9.89. The van der Waals surface area contributed by atoms with Crippen molar-refractivity contribution in [2.24, 2.45) is 5.73 Å². The molecule has 0 bridgehead atoms. The van der Waals surface area contributed by atoms with Crippen molar-refractivity contribution in [1.29, 1.82) is 0 Å². The van der Waals surface area contributed by atoms with Crippen LogP contribution in [0, 0.1) is 5.82 Å². The summed E-state index contributed by atoms with van der Waals surface area (Å²) in [6.45, 7) is 0. The first-order valence-corrected chi connectivity index (χ1v) is 5.11. The Labute approximate surface area is 92.6 Å². The number of hydrogen-bond donors (Lipinski definition) is 2. The van der Waals surface area contributed by atoms with Gasteiger partial charge in [-0.2, -0.15) is 0 Å². The SMILES string of the molecule is NC(=O)OC1CC(Nc2ccc(F)cc2)C1. The number of amides is 1. The average molecular weight is 224 g/mol. The van der Waals surface area contributed by atoms with Crippen LogP contribution in [-0.2, 0) is 4.74 Å². The minimum absolute atomic E-state index is 0.0875. The predicted molar refractivity (Wildman–Crippen MR) is 57.5 cm³/mol. The number of rotatable bonds is 3. The van der Waals surface area contributed by atoms with E-state index in [4.69, 9.17) is 10.5 Å². The van der Waals surface area contributed by atoms with E-state index in [0.717, 1.165) is 18.5 Å².